The zero-order chi connectivity index (χ0) is 24.9. The molecule has 184 valence electrons. The standard InChI is InChI=1S/C27H30N2O6/c1-17-3-9-20(10-4-17)28-23-15-25(31)29(26(23)32)21-11-5-19(6-12-21)27(33)35-16-24(30)18-7-13-22(34-2)14-8-18/h5-8,11-14,17,20,23,28H,3-4,9-10,15-16H2,1-2H3. The van der Waals surface area contributed by atoms with Gasteiger partial charge in [-0.15, -0.1) is 0 Å². The van der Waals surface area contributed by atoms with Crippen molar-refractivity contribution in [1.29, 1.82) is 0 Å². The van der Waals surface area contributed by atoms with Crippen LogP contribution < -0.4 is 15.0 Å². The molecule has 0 spiro atoms. The molecule has 1 saturated carbocycles. The minimum atomic E-state index is -0.663. The van der Waals surface area contributed by atoms with E-state index >= 15 is 0 Å². The molecule has 1 N–H and O–H groups in total. The molecule has 2 fully saturated rings. The molecule has 4 rings (SSSR count). The molecule has 1 aliphatic heterocycles. The van der Waals surface area contributed by atoms with Crippen LogP contribution in [0.3, 0.4) is 0 Å². The van der Waals surface area contributed by atoms with E-state index in [9.17, 15) is 19.2 Å². The second-order valence-corrected chi connectivity index (χ2v) is 9.22. The number of imide groups is 1. The SMILES string of the molecule is COc1ccc(C(=O)COC(=O)c2ccc(N3C(=O)CC(NC4CCC(C)CC4)C3=O)cc2)cc1. The van der Waals surface area contributed by atoms with Crippen molar-refractivity contribution in [3.05, 3.63) is 59.7 Å². The van der Waals surface area contributed by atoms with Gasteiger partial charge in [-0.05, 0) is 80.1 Å². The molecule has 2 aromatic carbocycles. The zero-order valence-corrected chi connectivity index (χ0v) is 20.0. The number of hydrogen-bond donors (Lipinski definition) is 1. The second kappa shape index (κ2) is 10.8. The first-order valence-corrected chi connectivity index (χ1v) is 11.9. The highest BCUT2D eigenvalue weighted by molar-refractivity contribution is 6.22. The fourth-order valence-corrected chi connectivity index (χ4v) is 4.57. The van der Waals surface area contributed by atoms with Gasteiger partial charge in [-0.1, -0.05) is 6.92 Å². The second-order valence-electron chi connectivity index (χ2n) is 9.22. The number of hydrogen-bond acceptors (Lipinski definition) is 7. The van der Waals surface area contributed by atoms with Crippen molar-refractivity contribution in [2.24, 2.45) is 5.92 Å². The largest absolute Gasteiger partial charge is 0.497 e. The number of nitrogens with one attached hydrogen (secondary N) is 1. The number of rotatable bonds is 8. The van der Waals surface area contributed by atoms with Gasteiger partial charge in [0.05, 0.1) is 30.8 Å². The van der Waals surface area contributed by atoms with E-state index in [1.54, 1.807) is 36.4 Å². The van der Waals surface area contributed by atoms with E-state index in [4.69, 9.17) is 9.47 Å². The van der Waals surface area contributed by atoms with Crippen LogP contribution in [0.4, 0.5) is 5.69 Å². The molecule has 8 nitrogen and oxygen atoms in total. The third-order valence-electron chi connectivity index (χ3n) is 6.71. The predicted octanol–water partition coefficient (Wildman–Crippen LogP) is 3.54. The Kier molecular flexibility index (Phi) is 7.60. The first-order chi connectivity index (χ1) is 16.9. The van der Waals surface area contributed by atoms with Crippen molar-refractivity contribution in [2.75, 3.05) is 18.6 Å². The van der Waals surface area contributed by atoms with Crippen molar-refractivity contribution in [2.45, 2.75) is 51.1 Å². The molecule has 1 atom stereocenters. The molecule has 2 amide bonds. The molecule has 0 radical (unpaired) electrons. The lowest BCUT2D eigenvalue weighted by molar-refractivity contribution is -0.121. The maximum absolute atomic E-state index is 12.9. The number of methoxy groups -OCH3 is 1. The summed E-state index contributed by atoms with van der Waals surface area (Å²) in [5, 5.41) is 3.37. The number of Topliss-reactive ketones (excluding diaryl/α,β-unsaturated/α-hetero) is 1. The minimum Gasteiger partial charge on any atom is -0.497 e. The van der Waals surface area contributed by atoms with Crippen LogP contribution in [0.25, 0.3) is 0 Å². The van der Waals surface area contributed by atoms with E-state index in [0.717, 1.165) is 25.7 Å². The van der Waals surface area contributed by atoms with Gasteiger partial charge in [-0.2, -0.15) is 0 Å². The number of esters is 1. The summed E-state index contributed by atoms with van der Waals surface area (Å²) in [6.07, 6.45) is 4.40. The van der Waals surface area contributed by atoms with Gasteiger partial charge < -0.3 is 14.8 Å². The molecule has 1 saturated heterocycles. The summed E-state index contributed by atoms with van der Waals surface area (Å²) in [7, 11) is 1.53. The van der Waals surface area contributed by atoms with Gasteiger partial charge >= 0.3 is 5.97 Å². The van der Waals surface area contributed by atoms with E-state index in [-0.39, 0.29) is 35.6 Å². The fourth-order valence-electron chi connectivity index (χ4n) is 4.57. The summed E-state index contributed by atoms with van der Waals surface area (Å²) in [6.45, 7) is 1.84. The maximum atomic E-state index is 12.9. The van der Waals surface area contributed by atoms with Gasteiger partial charge in [-0.25, -0.2) is 9.69 Å². The number of anilines is 1. The Hall–Kier alpha value is -3.52. The average molecular weight is 479 g/mol. The Morgan fingerprint density at radius 1 is 0.943 bits per heavy atom. The molecule has 0 aromatic heterocycles. The molecule has 1 unspecified atom stereocenters. The normalized spacial score (nSPS) is 22.2. The number of amides is 2. The first-order valence-electron chi connectivity index (χ1n) is 11.9. The summed E-state index contributed by atoms with van der Waals surface area (Å²) >= 11 is 0. The molecule has 35 heavy (non-hydrogen) atoms. The van der Waals surface area contributed by atoms with Crippen LogP contribution in [0.15, 0.2) is 48.5 Å². The molecule has 1 heterocycles. The molecule has 0 bridgehead atoms. The molecule has 2 aromatic rings. The predicted molar refractivity (Wildman–Crippen MR) is 130 cm³/mol. The van der Waals surface area contributed by atoms with Crippen LogP contribution in [0, 0.1) is 5.92 Å². The zero-order valence-electron chi connectivity index (χ0n) is 20.0. The van der Waals surface area contributed by atoms with E-state index in [1.807, 2.05) is 0 Å². The summed E-state index contributed by atoms with van der Waals surface area (Å²) in [6, 6.07) is 12.3. The Balaban J connectivity index is 1.32. The highest BCUT2D eigenvalue weighted by Crippen LogP contribution is 2.27. The van der Waals surface area contributed by atoms with Crippen LogP contribution in [-0.2, 0) is 14.3 Å². The summed E-state index contributed by atoms with van der Waals surface area (Å²) < 4.78 is 10.2. The highest BCUT2D eigenvalue weighted by Gasteiger charge is 2.40. The average Bonchev–Trinajstić information content (AvgIpc) is 3.16. The summed E-state index contributed by atoms with van der Waals surface area (Å²) in [5.41, 5.74) is 1.04. The van der Waals surface area contributed by atoms with Gasteiger partial charge in [-0.3, -0.25) is 14.4 Å². The van der Waals surface area contributed by atoms with E-state index in [0.29, 0.717) is 22.9 Å². The molecular weight excluding hydrogens is 448 g/mol. The first kappa shape index (κ1) is 24.6. The van der Waals surface area contributed by atoms with E-state index in [1.165, 1.54) is 24.1 Å². The number of nitrogens with zero attached hydrogens (tertiary/aromatic N) is 1. The summed E-state index contributed by atoms with van der Waals surface area (Å²) in [4.78, 5) is 51.3. The molecule has 2 aliphatic rings. The minimum absolute atomic E-state index is 0.127. The monoisotopic (exact) mass is 478 g/mol. The maximum Gasteiger partial charge on any atom is 0.338 e. The molecule has 8 heteroatoms. The van der Waals surface area contributed by atoms with Crippen LogP contribution in [-0.4, -0.2) is 49.4 Å². The summed E-state index contributed by atoms with van der Waals surface area (Å²) in [5.74, 6) is -0.206. The van der Waals surface area contributed by atoms with Crippen molar-refractivity contribution in [1.82, 2.24) is 5.32 Å². The van der Waals surface area contributed by atoms with Crippen molar-refractivity contribution in [3.63, 3.8) is 0 Å². The van der Waals surface area contributed by atoms with Gasteiger partial charge in [0, 0.05) is 11.6 Å². The van der Waals surface area contributed by atoms with E-state index in [2.05, 4.69) is 12.2 Å². The van der Waals surface area contributed by atoms with Crippen molar-refractivity contribution in [3.8, 4) is 5.75 Å². The van der Waals surface area contributed by atoms with E-state index < -0.39 is 18.6 Å². The van der Waals surface area contributed by atoms with Crippen LogP contribution in [0.5, 0.6) is 5.75 Å². The molecular formula is C27H30N2O6. The fraction of sp³-hybridized carbons (Fsp3) is 0.407. The Labute approximate surface area is 204 Å². The smallest absolute Gasteiger partial charge is 0.338 e. The Morgan fingerprint density at radius 2 is 1.57 bits per heavy atom. The van der Waals surface area contributed by atoms with Crippen LogP contribution in [0.1, 0.15) is 59.7 Å². The third kappa shape index (κ3) is 5.77. The van der Waals surface area contributed by atoms with Gasteiger partial charge in [0.2, 0.25) is 5.91 Å². The van der Waals surface area contributed by atoms with Crippen molar-refractivity contribution >= 4 is 29.3 Å². The van der Waals surface area contributed by atoms with Gasteiger partial charge in [0.15, 0.2) is 12.4 Å². The quantitative estimate of drug-likeness (QED) is 0.352. The number of carbonyl (C=O) groups excluding carboxylic acids is 4. The topological polar surface area (TPSA) is 102 Å². The Morgan fingerprint density at radius 3 is 2.20 bits per heavy atom. The van der Waals surface area contributed by atoms with Gasteiger partial charge in [0.25, 0.3) is 5.91 Å². The van der Waals surface area contributed by atoms with Crippen LogP contribution >= 0.6 is 0 Å². The third-order valence-corrected chi connectivity index (χ3v) is 6.71. The number of benzene rings is 2. The highest BCUT2D eigenvalue weighted by atomic mass is 16.5. The lowest BCUT2D eigenvalue weighted by Crippen LogP contribution is -2.45. The van der Waals surface area contributed by atoms with Crippen LogP contribution in [0.2, 0.25) is 0 Å². The van der Waals surface area contributed by atoms with Crippen molar-refractivity contribution < 1.29 is 28.7 Å². The number of ketones is 1. The number of ether oxygens (including phenoxy) is 2. The number of carbonyl (C=O) groups is 4. The Bertz CT molecular complexity index is 1090. The molecule has 1 aliphatic carbocycles. The lowest BCUT2D eigenvalue weighted by Gasteiger charge is -2.28. The van der Waals surface area contributed by atoms with Gasteiger partial charge in [0.1, 0.15) is 5.75 Å². The lowest BCUT2D eigenvalue weighted by atomic mass is 9.87.